The van der Waals surface area contributed by atoms with E-state index in [1.54, 1.807) is 11.8 Å². The van der Waals surface area contributed by atoms with Crippen molar-refractivity contribution in [1.29, 1.82) is 0 Å². The van der Waals surface area contributed by atoms with Gasteiger partial charge >= 0.3 is 5.97 Å². The van der Waals surface area contributed by atoms with Gasteiger partial charge in [0.2, 0.25) is 5.79 Å². The fourth-order valence-electron chi connectivity index (χ4n) is 5.62. The molecular formula is C31H42O5S. The molecule has 37 heavy (non-hydrogen) atoms. The molecule has 0 radical (unpaired) electrons. The number of thioether (sulfide) groups is 1. The predicted octanol–water partition coefficient (Wildman–Crippen LogP) is 6.85. The maximum absolute atomic E-state index is 12.3. The zero-order valence-corrected chi connectivity index (χ0v) is 24.3. The Balaban J connectivity index is 1.58. The van der Waals surface area contributed by atoms with E-state index in [4.69, 9.17) is 18.9 Å². The van der Waals surface area contributed by atoms with Gasteiger partial charge in [0.25, 0.3) is 0 Å². The monoisotopic (exact) mass is 526 g/mol. The second kappa shape index (κ2) is 11.0. The van der Waals surface area contributed by atoms with Crippen molar-refractivity contribution in [2.75, 3.05) is 26.4 Å². The second-order valence-electron chi connectivity index (χ2n) is 11.1. The van der Waals surface area contributed by atoms with E-state index < -0.39 is 5.79 Å². The molecule has 1 atom stereocenters. The van der Waals surface area contributed by atoms with E-state index in [0.717, 1.165) is 30.6 Å². The number of fused-ring (bicyclic) bond motifs is 1. The fourth-order valence-corrected chi connectivity index (χ4v) is 6.79. The van der Waals surface area contributed by atoms with Crippen molar-refractivity contribution >= 4 is 17.7 Å². The van der Waals surface area contributed by atoms with Crippen LogP contribution in [-0.2, 0) is 30.8 Å². The van der Waals surface area contributed by atoms with E-state index >= 15 is 0 Å². The summed E-state index contributed by atoms with van der Waals surface area (Å²) in [6.07, 6.45) is 2.68. The van der Waals surface area contributed by atoms with Crippen molar-refractivity contribution < 1.29 is 23.7 Å². The molecule has 1 fully saturated rings. The lowest BCUT2D eigenvalue weighted by molar-refractivity contribution is -0.237. The summed E-state index contributed by atoms with van der Waals surface area (Å²) in [4.78, 5) is 13.5. The summed E-state index contributed by atoms with van der Waals surface area (Å²) in [5, 5.41) is -0.147. The highest BCUT2D eigenvalue weighted by molar-refractivity contribution is 8.01. The van der Waals surface area contributed by atoms with E-state index in [1.165, 1.54) is 21.6 Å². The number of ether oxygens (including phenoxy) is 4. The number of aryl methyl sites for hydroxylation is 1. The number of carbonyl (C=O) groups is 1. The third-order valence-corrected chi connectivity index (χ3v) is 9.38. The van der Waals surface area contributed by atoms with Crippen molar-refractivity contribution in [3.63, 3.8) is 0 Å². The van der Waals surface area contributed by atoms with Crippen LogP contribution in [-0.4, -0.2) is 43.4 Å². The van der Waals surface area contributed by atoms with Gasteiger partial charge in [-0.3, -0.25) is 4.79 Å². The highest BCUT2D eigenvalue weighted by Gasteiger charge is 2.48. The van der Waals surface area contributed by atoms with Crippen molar-refractivity contribution in [2.45, 2.75) is 89.1 Å². The number of rotatable bonds is 9. The van der Waals surface area contributed by atoms with Gasteiger partial charge in [-0.15, -0.1) is 11.8 Å². The SMILES string of the molecule is CCOC(=O)C1Cc2cc(C(CC)(CC)c3ccc(OCC4(C(C)(C)C)OCCO4)c(C)c3)ccc2S1. The van der Waals surface area contributed by atoms with Gasteiger partial charge in [-0.25, -0.2) is 0 Å². The lowest BCUT2D eigenvalue weighted by atomic mass is 9.70. The lowest BCUT2D eigenvalue weighted by Gasteiger charge is -2.39. The summed E-state index contributed by atoms with van der Waals surface area (Å²) in [6, 6.07) is 13.3. The molecule has 0 saturated carbocycles. The molecule has 6 heteroatoms. The Bertz CT molecular complexity index is 1110. The molecule has 202 valence electrons. The number of esters is 1. The van der Waals surface area contributed by atoms with Crippen LogP contribution in [0.4, 0.5) is 0 Å². The molecule has 2 aliphatic heterocycles. The van der Waals surface area contributed by atoms with Crippen LogP contribution in [0.5, 0.6) is 5.75 Å². The van der Waals surface area contributed by atoms with Gasteiger partial charge in [0.05, 0.1) is 19.8 Å². The first-order chi connectivity index (χ1) is 17.6. The molecule has 0 aliphatic carbocycles. The van der Waals surface area contributed by atoms with Crippen LogP contribution in [0, 0.1) is 12.3 Å². The van der Waals surface area contributed by atoms with E-state index in [9.17, 15) is 4.79 Å². The van der Waals surface area contributed by atoms with Crippen LogP contribution < -0.4 is 4.74 Å². The summed E-state index contributed by atoms with van der Waals surface area (Å²) < 4.78 is 23.7. The fraction of sp³-hybridized carbons (Fsp3) is 0.581. The molecule has 2 heterocycles. The van der Waals surface area contributed by atoms with Crippen molar-refractivity contribution in [1.82, 2.24) is 0 Å². The standard InChI is InChI=1S/C31H42O5S/c1-8-30(9-2,24-12-14-26-22(18-24)19-27(37-26)28(32)33-10-3)23-11-13-25(21(4)17-23)34-20-31(29(5,6)7)35-15-16-36-31/h11-14,17-18,27H,8-10,15-16,19-20H2,1-7H3. The highest BCUT2D eigenvalue weighted by atomic mass is 32.2. The number of hydrogen-bond donors (Lipinski definition) is 0. The van der Waals surface area contributed by atoms with Crippen LogP contribution in [0.25, 0.3) is 0 Å². The number of carbonyl (C=O) groups excluding carboxylic acids is 1. The quantitative estimate of drug-likeness (QED) is 0.333. The van der Waals surface area contributed by atoms with Crippen molar-refractivity contribution in [3.05, 3.63) is 58.7 Å². The molecule has 0 amide bonds. The predicted molar refractivity (Wildman–Crippen MR) is 149 cm³/mol. The molecule has 5 nitrogen and oxygen atoms in total. The molecule has 2 aliphatic rings. The average Bonchev–Trinajstić information content (AvgIpc) is 3.52. The van der Waals surface area contributed by atoms with Crippen LogP contribution >= 0.6 is 11.8 Å². The zero-order chi connectivity index (χ0) is 26.8. The Morgan fingerprint density at radius 2 is 1.68 bits per heavy atom. The average molecular weight is 527 g/mol. The van der Waals surface area contributed by atoms with Gasteiger partial charge in [-0.05, 0) is 67.5 Å². The minimum Gasteiger partial charge on any atom is -0.488 e. The summed E-state index contributed by atoms with van der Waals surface area (Å²) in [5.41, 5.74) is 4.62. The molecule has 1 saturated heterocycles. The molecule has 2 aromatic carbocycles. The van der Waals surface area contributed by atoms with E-state index in [-0.39, 0.29) is 22.0 Å². The topological polar surface area (TPSA) is 54.0 Å². The highest BCUT2D eigenvalue weighted by Crippen LogP contribution is 2.45. The Morgan fingerprint density at radius 3 is 2.27 bits per heavy atom. The molecule has 2 aromatic rings. The van der Waals surface area contributed by atoms with Crippen LogP contribution in [0.1, 0.15) is 76.6 Å². The van der Waals surface area contributed by atoms with Crippen molar-refractivity contribution in [3.8, 4) is 5.75 Å². The Labute approximate surface area is 226 Å². The molecule has 4 rings (SSSR count). The first-order valence-corrected chi connectivity index (χ1v) is 14.5. The second-order valence-corrected chi connectivity index (χ2v) is 12.4. The van der Waals surface area contributed by atoms with Crippen molar-refractivity contribution in [2.24, 2.45) is 5.41 Å². The summed E-state index contributed by atoms with van der Waals surface area (Å²) in [7, 11) is 0. The third kappa shape index (κ3) is 5.30. The third-order valence-electron chi connectivity index (χ3n) is 8.09. The van der Waals surface area contributed by atoms with Crippen LogP contribution in [0.2, 0.25) is 0 Å². The van der Waals surface area contributed by atoms with Gasteiger partial charge in [-0.1, -0.05) is 58.9 Å². The maximum Gasteiger partial charge on any atom is 0.319 e. The molecule has 0 bridgehead atoms. The van der Waals surface area contributed by atoms with E-state index in [2.05, 4.69) is 77.9 Å². The van der Waals surface area contributed by atoms with Gasteiger partial charge in [-0.2, -0.15) is 0 Å². The van der Waals surface area contributed by atoms with Gasteiger partial charge < -0.3 is 18.9 Å². The smallest absolute Gasteiger partial charge is 0.319 e. The largest absolute Gasteiger partial charge is 0.488 e. The maximum atomic E-state index is 12.3. The Morgan fingerprint density at radius 1 is 1.03 bits per heavy atom. The normalized spacial score (nSPS) is 19.1. The van der Waals surface area contributed by atoms with Crippen LogP contribution in [0.3, 0.4) is 0 Å². The van der Waals surface area contributed by atoms with Crippen LogP contribution in [0.15, 0.2) is 41.3 Å². The first kappa shape index (κ1) is 28.0. The summed E-state index contributed by atoms with van der Waals surface area (Å²) in [6.45, 7) is 16.8. The first-order valence-electron chi connectivity index (χ1n) is 13.6. The summed E-state index contributed by atoms with van der Waals surface area (Å²) >= 11 is 1.62. The lowest BCUT2D eigenvalue weighted by Crippen LogP contribution is -2.49. The molecular weight excluding hydrogens is 484 g/mol. The number of hydrogen-bond acceptors (Lipinski definition) is 6. The van der Waals surface area contributed by atoms with E-state index in [0.29, 0.717) is 26.4 Å². The minimum atomic E-state index is -0.738. The van der Waals surface area contributed by atoms with Gasteiger partial charge in [0.1, 0.15) is 17.6 Å². The number of benzene rings is 2. The van der Waals surface area contributed by atoms with Gasteiger partial charge in [0.15, 0.2) is 0 Å². The zero-order valence-electron chi connectivity index (χ0n) is 23.4. The molecule has 0 aromatic heterocycles. The molecule has 0 N–H and O–H groups in total. The van der Waals surface area contributed by atoms with Gasteiger partial charge in [0, 0.05) is 15.7 Å². The molecule has 1 unspecified atom stereocenters. The Kier molecular flexibility index (Phi) is 8.32. The minimum absolute atomic E-state index is 0.115. The summed E-state index contributed by atoms with van der Waals surface area (Å²) in [5.74, 6) is 0.00371. The Hall–Kier alpha value is -2.02. The molecule has 0 spiro atoms. The van der Waals surface area contributed by atoms with E-state index in [1.807, 2.05) is 6.92 Å².